The van der Waals surface area contributed by atoms with Gasteiger partial charge in [0.2, 0.25) is 0 Å². The SMILES string of the molecule is CCOC(=O)C(CC1S[C@@H]2C(NC(=O)COc3ccccc3)C(=O)N2C(C(=O)O)=C1COC(C)=O)C(=O)OC. The number of hydrogen-bond donors (Lipinski definition) is 2. The molecule has 1 fully saturated rings. The van der Waals surface area contributed by atoms with Crippen LogP contribution in [-0.4, -0.2) is 89.3 Å². The normalized spacial score (nSPS) is 20.6. The molecule has 2 N–H and O–H groups in total. The van der Waals surface area contributed by atoms with Gasteiger partial charge in [-0.05, 0) is 25.5 Å². The number of carboxylic acids is 1. The number of aliphatic carboxylic acids is 1. The highest BCUT2D eigenvalue weighted by atomic mass is 32.2. The zero-order valence-electron chi connectivity index (χ0n) is 21.4. The van der Waals surface area contributed by atoms with Crippen LogP contribution in [0.25, 0.3) is 0 Å². The second kappa shape index (κ2) is 13.1. The Labute approximate surface area is 227 Å². The summed E-state index contributed by atoms with van der Waals surface area (Å²) >= 11 is 1.04. The highest BCUT2D eigenvalue weighted by molar-refractivity contribution is 8.00. The number of carbonyl (C=O) groups excluding carboxylic acids is 5. The molecule has 0 aliphatic carbocycles. The molecule has 2 amide bonds. The highest BCUT2D eigenvalue weighted by Gasteiger charge is 2.57. The fourth-order valence-electron chi connectivity index (χ4n) is 4.08. The maximum Gasteiger partial charge on any atom is 0.352 e. The number of nitrogens with zero attached hydrogens (tertiary/aromatic N) is 1. The minimum absolute atomic E-state index is 0.00921. The predicted molar refractivity (Wildman–Crippen MR) is 134 cm³/mol. The van der Waals surface area contributed by atoms with E-state index in [1.54, 1.807) is 37.3 Å². The number of rotatable bonds is 12. The minimum Gasteiger partial charge on any atom is -0.484 e. The van der Waals surface area contributed by atoms with Crippen LogP contribution in [0.5, 0.6) is 5.75 Å². The molecule has 2 aliphatic heterocycles. The van der Waals surface area contributed by atoms with Crippen molar-refractivity contribution in [3.63, 3.8) is 0 Å². The van der Waals surface area contributed by atoms with Gasteiger partial charge in [0.05, 0.1) is 13.7 Å². The van der Waals surface area contributed by atoms with Gasteiger partial charge in [0, 0.05) is 17.7 Å². The van der Waals surface area contributed by atoms with Crippen molar-refractivity contribution in [3.05, 3.63) is 41.6 Å². The van der Waals surface area contributed by atoms with E-state index in [-0.39, 0.29) is 25.2 Å². The van der Waals surface area contributed by atoms with E-state index < -0.39 is 70.6 Å². The van der Waals surface area contributed by atoms with Gasteiger partial charge in [0.25, 0.3) is 11.8 Å². The van der Waals surface area contributed by atoms with Gasteiger partial charge in [-0.25, -0.2) is 4.79 Å². The van der Waals surface area contributed by atoms with Crippen molar-refractivity contribution in [2.24, 2.45) is 5.92 Å². The second-order valence-corrected chi connectivity index (χ2v) is 9.72. The molecule has 0 radical (unpaired) electrons. The van der Waals surface area contributed by atoms with Crippen molar-refractivity contribution in [3.8, 4) is 5.75 Å². The molecule has 0 bridgehead atoms. The van der Waals surface area contributed by atoms with E-state index >= 15 is 0 Å². The van der Waals surface area contributed by atoms with Gasteiger partial charge >= 0.3 is 23.9 Å². The maximum atomic E-state index is 13.0. The quantitative estimate of drug-likeness (QED) is 0.156. The van der Waals surface area contributed by atoms with Crippen LogP contribution in [0, 0.1) is 5.92 Å². The summed E-state index contributed by atoms with van der Waals surface area (Å²) in [6.45, 7) is 1.79. The molecule has 3 unspecified atom stereocenters. The number of esters is 3. The van der Waals surface area contributed by atoms with Gasteiger partial charge in [-0.3, -0.25) is 28.9 Å². The fourth-order valence-corrected chi connectivity index (χ4v) is 5.74. The molecule has 1 aromatic rings. The van der Waals surface area contributed by atoms with Crippen LogP contribution in [0.4, 0.5) is 0 Å². The van der Waals surface area contributed by atoms with Crippen molar-refractivity contribution in [1.82, 2.24) is 10.2 Å². The van der Waals surface area contributed by atoms with Crippen LogP contribution in [0.1, 0.15) is 20.3 Å². The van der Waals surface area contributed by atoms with Crippen LogP contribution in [0.15, 0.2) is 41.6 Å². The summed E-state index contributed by atoms with van der Waals surface area (Å²) in [6, 6.07) is 7.44. The largest absolute Gasteiger partial charge is 0.484 e. The Morgan fingerprint density at radius 3 is 2.38 bits per heavy atom. The van der Waals surface area contributed by atoms with Crippen molar-refractivity contribution in [1.29, 1.82) is 0 Å². The van der Waals surface area contributed by atoms with E-state index in [1.807, 2.05) is 0 Å². The summed E-state index contributed by atoms with van der Waals surface area (Å²) in [5, 5.41) is 10.8. The number of fused-ring (bicyclic) bond motifs is 1. The number of benzene rings is 1. The molecule has 1 aromatic carbocycles. The Morgan fingerprint density at radius 2 is 1.79 bits per heavy atom. The van der Waals surface area contributed by atoms with Crippen molar-refractivity contribution >= 4 is 47.5 Å². The number of hydrogen-bond acceptors (Lipinski definition) is 11. The number of carbonyl (C=O) groups is 6. The number of carboxylic acid groups (broad SMARTS) is 1. The zero-order valence-corrected chi connectivity index (χ0v) is 22.2. The van der Waals surface area contributed by atoms with Gasteiger partial charge in [0.1, 0.15) is 29.5 Å². The first-order valence-corrected chi connectivity index (χ1v) is 12.8. The second-order valence-electron chi connectivity index (χ2n) is 8.39. The summed E-state index contributed by atoms with van der Waals surface area (Å²) in [5.74, 6) is -6.22. The Morgan fingerprint density at radius 1 is 1.10 bits per heavy atom. The Kier molecular flexibility index (Phi) is 9.93. The predicted octanol–water partition coefficient (Wildman–Crippen LogP) is 0.478. The first kappa shape index (κ1) is 29.5. The first-order chi connectivity index (χ1) is 18.6. The molecule has 2 aliphatic rings. The standard InChI is InChI=1S/C25H28N2O11S/c1-4-36-25(34)15(24(33)35-3)10-17-16(11-37-13(2)28)20(23(31)32)27-21(30)19(22(27)39-17)26-18(29)12-38-14-8-6-5-7-9-14/h5-9,15,17,19,22H,4,10-12H2,1-3H3,(H,26,29)(H,31,32)/t15?,17?,19?,22-/m1/s1. The van der Waals surface area contributed by atoms with Gasteiger partial charge in [-0.15, -0.1) is 11.8 Å². The number of nitrogens with one attached hydrogen (secondary N) is 1. The van der Waals surface area contributed by atoms with Gasteiger partial charge in [-0.1, -0.05) is 18.2 Å². The van der Waals surface area contributed by atoms with E-state index in [9.17, 15) is 33.9 Å². The van der Waals surface area contributed by atoms with Gasteiger partial charge in [-0.2, -0.15) is 0 Å². The van der Waals surface area contributed by atoms with E-state index in [4.69, 9.17) is 18.9 Å². The molecule has 3 rings (SSSR count). The van der Waals surface area contributed by atoms with Crippen LogP contribution in [0.3, 0.4) is 0 Å². The third-order valence-corrected chi connectivity index (χ3v) is 7.42. The smallest absolute Gasteiger partial charge is 0.352 e. The first-order valence-electron chi connectivity index (χ1n) is 11.9. The van der Waals surface area contributed by atoms with Crippen LogP contribution in [0.2, 0.25) is 0 Å². The molecule has 0 aromatic heterocycles. The number of para-hydroxylation sites is 1. The van der Waals surface area contributed by atoms with Crippen LogP contribution < -0.4 is 10.1 Å². The van der Waals surface area contributed by atoms with Crippen molar-refractivity contribution in [2.75, 3.05) is 26.9 Å². The minimum atomic E-state index is -1.48. The molecular formula is C25H28N2O11S. The molecule has 4 atom stereocenters. The molecule has 0 spiro atoms. The third kappa shape index (κ3) is 6.88. The number of β-lactam (4-membered cyclic amide) rings is 1. The topological polar surface area (TPSA) is 175 Å². The molecule has 13 nitrogen and oxygen atoms in total. The number of methoxy groups -OCH3 is 1. The zero-order chi connectivity index (χ0) is 28.7. The van der Waals surface area contributed by atoms with E-state index in [0.717, 1.165) is 30.7 Å². The Balaban J connectivity index is 1.87. The number of thioether (sulfide) groups is 1. The Bertz CT molecular complexity index is 1170. The number of ether oxygens (including phenoxy) is 4. The lowest BCUT2D eigenvalue weighted by Gasteiger charge is -2.51. The monoisotopic (exact) mass is 564 g/mol. The number of amides is 2. The van der Waals surface area contributed by atoms with E-state index in [1.165, 1.54) is 0 Å². The van der Waals surface area contributed by atoms with Crippen LogP contribution >= 0.6 is 11.8 Å². The maximum absolute atomic E-state index is 13.0. The summed E-state index contributed by atoms with van der Waals surface area (Å²) in [6.07, 6.45) is -0.264. The summed E-state index contributed by atoms with van der Waals surface area (Å²) in [4.78, 5) is 75.3. The van der Waals surface area contributed by atoms with E-state index in [0.29, 0.717) is 5.75 Å². The lowest BCUT2D eigenvalue weighted by atomic mass is 9.95. The molecule has 39 heavy (non-hydrogen) atoms. The highest BCUT2D eigenvalue weighted by Crippen LogP contribution is 2.46. The van der Waals surface area contributed by atoms with Crippen molar-refractivity contribution in [2.45, 2.75) is 36.9 Å². The summed E-state index contributed by atoms with van der Waals surface area (Å²) in [5.41, 5.74) is -0.434. The Hall–Kier alpha value is -4.07. The molecule has 210 valence electrons. The molecule has 0 saturated carbocycles. The molecule has 1 saturated heterocycles. The lowest BCUT2D eigenvalue weighted by Crippen LogP contribution is -2.71. The van der Waals surface area contributed by atoms with E-state index in [2.05, 4.69) is 5.32 Å². The molecule has 14 heteroatoms. The lowest BCUT2D eigenvalue weighted by molar-refractivity contribution is -0.160. The average molecular weight is 565 g/mol. The summed E-state index contributed by atoms with van der Waals surface area (Å²) in [7, 11) is 1.09. The van der Waals surface area contributed by atoms with Crippen molar-refractivity contribution < 1.29 is 52.8 Å². The van der Waals surface area contributed by atoms with Gasteiger partial charge in [0.15, 0.2) is 12.5 Å². The van der Waals surface area contributed by atoms with Gasteiger partial charge < -0.3 is 29.4 Å². The fraction of sp³-hybridized carbons (Fsp3) is 0.440. The third-order valence-electron chi connectivity index (χ3n) is 5.85. The average Bonchev–Trinajstić information content (AvgIpc) is 2.91. The summed E-state index contributed by atoms with van der Waals surface area (Å²) < 4.78 is 20.2. The molecular weight excluding hydrogens is 536 g/mol. The molecule has 2 heterocycles. The van der Waals surface area contributed by atoms with Crippen LogP contribution in [-0.2, 0) is 43.0 Å².